The number of nitrogens with one attached hydrogen (secondary N) is 1. The number of hydrogen-bond acceptors (Lipinski definition) is 8. The van der Waals surface area contributed by atoms with E-state index in [4.69, 9.17) is 23.8 Å². The Hall–Kier alpha value is -3.17. The Morgan fingerprint density at radius 1 is 1.03 bits per heavy atom. The van der Waals surface area contributed by atoms with Gasteiger partial charge in [-0.25, -0.2) is 9.59 Å². The van der Waals surface area contributed by atoms with Crippen molar-refractivity contribution < 1.29 is 33.4 Å². The first-order valence-electron chi connectivity index (χ1n) is 11.2. The summed E-state index contributed by atoms with van der Waals surface area (Å²) in [6.07, 6.45) is -0.992. The minimum Gasteiger partial charge on any atom is -0.496 e. The van der Waals surface area contributed by atoms with Gasteiger partial charge in [-0.05, 0) is 53.7 Å². The van der Waals surface area contributed by atoms with Gasteiger partial charge in [0.1, 0.15) is 29.3 Å². The molecule has 1 N–H and O–H groups in total. The number of nitrogens with zero attached hydrogens (tertiary/aromatic N) is 2. The van der Waals surface area contributed by atoms with Crippen molar-refractivity contribution in [3.63, 3.8) is 0 Å². The molecule has 0 aromatic heterocycles. The zero-order valence-electron chi connectivity index (χ0n) is 21.4. The van der Waals surface area contributed by atoms with Crippen LogP contribution in [0.5, 0.6) is 11.5 Å². The number of hydrogen-bond donors (Lipinski definition) is 1. The topological polar surface area (TPSA) is 108 Å². The van der Waals surface area contributed by atoms with Crippen LogP contribution < -0.4 is 14.8 Å². The molecular formula is C24H37N3O7. The Kier molecular flexibility index (Phi) is 9.00. The highest BCUT2D eigenvalue weighted by atomic mass is 16.6. The van der Waals surface area contributed by atoms with E-state index in [-0.39, 0.29) is 25.6 Å². The van der Waals surface area contributed by atoms with Gasteiger partial charge in [-0.1, -0.05) is 11.2 Å². The molecule has 2 amide bonds. The number of methoxy groups -OCH3 is 2. The van der Waals surface area contributed by atoms with Gasteiger partial charge in [0, 0.05) is 19.0 Å². The van der Waals surface area contributed by atoms with Crippen LogP contribution in [-0.4, -0.2) is 67.9 Å². The lowest BCUT2D eigenvalue weighted by molar-refractivity contribution is 0.0292. The number of alkyl carbamates (subject to hydrolysis) is 1. The predicted molar refractivity (Wildman–Crippen MR) is 127 cm³/mol. The molecule has 1 aliphatic heterocycles. The third-order valence-corrected chi connectivity index (χ3v) is 4.73. The van der Waals surface area contributed by atoms with Crippen molar-refractivity contribution in [3.8, 4) is 11.5 Å². The lowest BCUT2D eigenvalue weighted by Crippen LogP contribution is -2.38. The number of carbonyl (C=O) groups is 2. The standard InChI is InChI=1S/C24H37N3O7/c1-23(2,3)33-21(28)25-12-16-13-27(22(29)34-24(4,5)6)14-18(16)26-32-15-17-19(30-7)10-9-11-20(17)31-8/h9-11,16H,12-15H2,1-8H3,(H,25,28)/b26-18+. The molecule has 2 rings (SSSR count). The van der Waals surface area contributed by atoms with Crippen molar-refractivity contribution in [2.24, 2.45) is 11.1 Å². The molecule has 0 spiro atoms. The third-order valence-electron chi connectivity index (χ3n) is 4.73. The maximum Gasteiger partial charge on any atom is 0.410 e. The van der Waals surface area contributed by atoms with Crippen LogP contribution in [0.4, 0.5) is 9.59 Å². The Labute approximate surface area is 201 Å². The number of rotatable bonds is 7. The van der Waals surface area contributed by atoms with E-state index in [1.54, 1.807) is 60.7 Å². The van der Waals surface area contributed by atoms with Crippen molar-refractivity contribution >= 4 is 17.9 Å². The first kappa shape index (κ1) is 27.1. The Bertz CT molecular complexity index is 865. The van der Waals surface area contributed by atoms with Gasteiger partial charge in [0.15, 0.2) is 0 Å². The van der Waals surface area contributed by atoms with Crippen molar-refractivity contribution in [3.05, 3.63) is 23.8 Å². The van der Waals surface area contributed by atoms with Crippen LogP contribution in [0.25, 0.3) is 0 Å². The summed E-state index contributed by atoms with van der Waals surface area (Å²) in [7, 11) is 3.14. The summed E-state index contributed by atoms with van der Waals surface area (Å²) < 4.78 is 21.6. The summed E-state index contributed by atoms with van der Waals surface area (Å²) in [4.78, 5) is 31.9. The Balaban J connectivity index is 2.14. The summed E-state index contributed by atoms with van der Waals surface area (Å²) in [5.74, 6) is 0.966. The van der Waals surface area contributed by atoms with Gasteiger partial charge in [0.2, 0.25) is 0 Å². The molecule has 0 radical (unpaired) electrons. The molecule has 0 saturated carbocycles. The number of carbonyl (C=O) groups excluding carboxylic acids is 2. The van der Waals surface area contributed by atoms with E-state index in [1.165, 1.54) is 0 Å². The molecule has 1 unspecified atom stereocenters. The SMILES string of the molecule is COc1cccc(OC)c1CO/N=C1\CN(C(=O)OC(C)(C)C)CC1CNC(=O)OC(C)(C)C. The summed E-state index contributed by atoms with van der Waals surface area (Å²) >= 11 is 0. The van der Waals surface area contributed by atoms with Crippen LogP contribution in [-0.2, 0) is 20.9 Å². The van der Waals surface area contributed by atoms with Gasteiger partial charge in [0.25, 0.3) is 0 Å². The van der Waals surface area contributed by atoms with Gasteiger partial charge < -0.3 is 34.0 Å². The van der Waals surface area contributed by atoms with Crippen LogP contribution >= 0.6 is 0 Å². The fraction of sp³-hybridized carbons (Fsp3) is 0.625. The molecule has 0 bridgehead atoms. The van der Waals surface area contributed by atoms with E-state index in [1.807, 2.05) is 18.2 Å². The molecule has 10 heteroatoms. The minimum atomic E-state index is -0.627. The molecule has 1 atom stereocenters. The van der Waals surface area contributed by atoms with Gasteiger partial charge in [-0.2, -0.15) is 0 Å². The van der Waals surface area contributed by atoms with Crippen molar-refractivity contribution in [1.29, 1.82) is 0 Å². The Morgan fingerprint density at radius 2 is 1.62 bits per heavy atom. The van der Waals surface area contributed by atoms with Gasteiger partial charge in [0.05, 0.1) is 32.0 Å². The first-order chi connectivity index (χ1) is 15.8. The number of oxime groups is 1. The number of amides is 2. The second-order valence-electron chi connectivity index (χ2n) is 9.94. The van der Waals surface area contributed by atoms with E-state index >= 15 is 0 Å². The summed E-state index contributed by atoms with van der Waals surface area (Å²) in [5.41, 5.74) is 0.0759. The molecule has 10 nitrogen and oxygen atoms in total. The van der Waals surface area contributed by atoms with Crippen molar-refractivity contribution in [1.82, 2.24) is 10.2 Å². The molecule has 190 valence electrons. The second kappa shape index (κ2) is 11.3. The minimum absolute atomic E-state index is 0.106. The lowest BCUT2D eigenvalue weighted by Gasteiger charge is -2.24. The maximum absolute atomic E-state index is 12.6. The van der Waals surface area contributed by atoms with Crippen LogP contribution in [0, 0.1) is 5.92 Å². The normalized spacial score (nSPS) is 17.4. The highest BCUT2D eigenvalue weighted by Gasteiger charge is 2.35. The third kappa shape index (κ3) is 8.31. The fourth-order valence-electron chi connectivity index (χ4n) is 3.28. The van der Waals surface area contributed by atoms with E-state index in [2.05, 4.69) is 10.5 Å². The molecular weight excluding hydrogens is 442 g/mol. The molecule has 0 aliphatic carbocycles. The molecule has 34 heavy (non-hydrogen) atoms. The molecule has 1 heterocycles. The first-order valence-corrected chi connectivity index (χ1v) is 11.2. The van der Waals surface area contributed by atoms with Gasteiger partial charge in [-0.15, -0.1) is 0 Å². The highest BCUT2D eigenvalue weighted by molar-refractivity contribution is 5.94. The summed E-state index contributed by atoms with van der Waals surface area (Å²) in [6.45, 7) is 11.7. The average Bonchev–Trinajstić information content (AvgIpc) is 3.13. The van der Waals surface area contributed by atoms with Gasteiger partial charge >= 0.3 is 12.2 Å². The van der Waals surface area contributed by atoms with Crippen molar-refractivity contribution in [2.75, 3.05) is 33.9 Å². The van der Waals surface area contributed by atoms with E-state index in [9.17, 15) is 9.59 Å². The second-order valence-corrected chi connectivity index (χ2v) is 9.94. The predicted octanol–water partition coefficient (Wildman–Crippen LogP) is 3.97. The highest BCUT2D eigenvalue weighted by Crippen LogP contribution is 2.29. The van der Waals surface area contributed by atoms with Crippen LogP contribution in [0.1, 0.15) is 47.1 Å². The van der Waals surface area contributed by atoms with Crippen molar-refractivity contribution in [2.45, 2.75) is 59.4 Å². The molecule has 1 aliphatic rings. The van der Waals surface area contributed by atoms with Crippen LogP contribution in [0.2, 0.25) is 0 Å². The average molecular weight is 480 g/mol. The zero-order chi connectivity index (χ0) is 25.5. The maximum atomic E-state index is 12.6. The quantitative estimate of drug-likeness (QED) is 0.590. The van der Waals surface area contributed by atoms with E-state index < -0.39 is 23.4 Å². The molecule has 1 fully saturated rings. The number of likely N-dealkylation sites (tertiary alicyclic amines) is 1. The molecule has 1 aromatic rings. The summed E-state index contributed by atoms with van der Waals surface area (Å²) in [5, 5.41) is 7.04. The zero-order valence-corrected chi connectivity index (χ0v) is 21.4. The monoisotopic (exact) mass is 479 g/mol. The van der Waals surface area contributed by atoms with Gasteiger partial charge in [-0.3, -0.25) is 0 Å². The fourth-order valence-corrected chi connectivity index (χ4v) is 3.28. The largest absolute Gasteiger partial charge is 0.496 e. The molecule has 1 saturated heterocycles. The van der Waals surface area contributed by atoms with E-state index in [0.717, 1.165) is 0 Å². The van der Waals surface area contributed by atoms with E-state index in [0.29, 0.717) is 29.3 Å². The summed E-state index contributed by atoms with van der Waals surface area (Å²) in [6, 6.07) is 5.44. The number of benzene rings is 1. The lowest BCUT2D eigenvalue weighted by atomic mass is 10.1. The van der Waals surface area contributed by atoms with Crippen LogP contribution in [0.3, 0.4) is 0 Å². The number of ether oxygens (including phenoxy) is 4. The molecule has 1 aromatic carbocycles. The van der Waals surface area contributed by atoms with Crippen LogP contribution in [0.15, 0.2) is 23.4 Å². The smallest absolute Gasteiger partial charge is 0.410 e. The Morgan fingerprint density at radius 3 is 2.15 bits per heavy atom.